The van der Waals surface area contributed by atoms with E-state index >= 15 is 0 Å². The van der Waals surface area contributed by atoms with Gasteiger partial charge in [0.05, 0.1) is 13.2 Å². The highest BCUT2D eigenvalue weighted by Gasteiger charge is 2.27. The van der Waals surface area contributed by atoms with E-state index in [0.717, 1.165) is 32.8 Å². The largest absolute Gasteiger partial charge is 0.379 e. The first-order valence-corrected chi connectivity index (χ1v) is 5.58. The predicted molar refractivity (Wildman–Crippen MR) is 59.6 cm³/mol. The lowest BCUT2D eigenvalue weighted by atomic mass is 10.0. The Morgan fingerprint density at radius 1 is 1.29 bits per heavy atom. The van der Waals surface area contributed by atoms with Gasteiger partial charge in [-0.25, -0.2) is 0 Å². The van der Waals surface area contributed by atoms with Gasteiger partial charge in [-0.05, 0) is 13.8 Å². The van der Waals surface area contributed by atoms with Crippen molar-refractivity contribution in [2.24, 2.45) is 0 Å². The van der Waals surface area contributed by atoms with E-state index in [1.54, 1.807) is 0 Å². The second-order valence-electron chi connectivity index (χ2n) is 4.95. The first-order valence-electron chi connectivity index (χ1n) is 5.58. The Hall–Kier alpha value is -0.120. The molecule has 1 N–H and O–H groups in total. The molecule has 0 aromatic carbocycles. The Bertz CT molecular complexity index is 163. The SMILES string of the molecule is CC(C)NCC(C)(C)N1CCOCC1. The van der Waals surface area contributed by atoms with E-state index in [2.05, 4.69) is 37.9 Å². The standard InChI is InChI=1S/C11H24N2O/c1-10(2)12-9-11(3,4)13-5-7-14-8-6-13/h10,12H,5-9H2,1-4H3. The van der Waals surface area contributed by atoms with Gasteiger partial charge in [0.25, 0.3) is 0 Å². The Labute approximate surface area is 87.8 Å². The summed E-state index contributed by atoms with van der Waals surface area (Å²) in [7, 11) is 0. The molecule has 0 atom stereocenters. The van der Waals surface area contributed by atoms with E-state index in [-0.39, 0.29) is 5.54 Å². The van der Waals surface area contributed by atoms with Crippen LogP contribution in [-0.4, -0.2) is 49.3 Å². The molecule has 3 heteroatoms. The molecule has 1 fully saturated rings. The van der Waals surface area contributed by atoms with Gasteiger partial charge >= 0.3 is 0 Å². The van der Waals surface area contributed by atoms with Crippen LogP contribution >= 0.6 is 0 Å². The first kappa shape index (κ1) is 12.0. The monoisotopic (exact) mass is 200 g/mol. The Morgan fingerprint density at radius 3 is 2.36 bits per heavy atom. The number of morpholine rings is 1. The Morgan fingerprint density at radius 2 is 1.86 bits per heavy atom. The maximum absolute atomic E-state index is 5.36. The van der Waals surface area contributed by atoms with Crippen LogP contribution in [0.5, 0.6) is 0 Å². The van der Waals surface area contributed by atoms with Crippen molar-refractivity contribution in [3.63, 3.8) is 0 Å². The van der Waals surface area contributed by atoms with Crippen LogP contribution in [0.15, 0.2) is 0 Å². The second-order valence-corrected chi connectivity index (χ2v) is 4.95. The summed E-state index contributed by atoms with van der Waals surface area (Å²) in [5, 5.41) is 3.50. The van der Waals surface area contributed by atoms with E-state index in [1.165, 1.54) is 0 Å². The molecule has 0 saturated carbocycles. The lowest BCUT2D eigenvalue weighted by Gasteiger charge is -2.41. The van der Waals surface area contributed by atoms with Crippen molar-refractivity contribution in [2.75, 3.05) is 32.8 Å². The quantitative estimate of drug-likeness (QED) is 0.735. The van der Waals surface area contributed by atoms with E-state index in [9.17, 15) is 0 Å². The smallest absolute Gasteiger partial charge is 0.0594 e. The number of ether oxygens (including phenoxy) is 1. The van der Waals surface area contributed by atoms with Gasteiger partial charge in [-0.1, -0.05) is 13.8 Å². The summed E-state index contributed by atoms with van der Waals surface area (Å²) in [5.74, 6) is 0. The summed E-state index contributed by atoms with van der Waals surface area (Å²) in [4.78, 5) is 2.51. The number of hydrogen-bond acceptors (Lipinski definition) is 3. The predicted octanol–water partition coefficient (Wildman–Crippen LogP) is 1.10. The van der Waals surface area contributed by atoms with Crippen molar-refractivity contribution in [1.29, 1.82) is 0 Å². The van der Waals surface area contributed by atoms with Crippen LogP contribution < -0.4 is 5.32 Å². The van der Waals surface area contributed by atoms with Gasteiger partial charge < -0.3 is 10.1 Å². The van der Waals surface area contributed by atoms with E-state index in [4.69, 9.17) is 4.74 Å². The highest BCUT2D eigenvalue weighted by Crippen LogP contribution is 2.15. The van der Waals surface area contributed by atoms with Crippen molar-refractivity contribution >= 4 is 0 Å². The summed E-state index contributed by atoms with van der Waals surface area (Å²) in [5.41, 5.74) is 0.244. The Kier molecular flexibility index (Phi) is 4.35. The maximum Gasteiger partial charge on any atom is 0.0594 e. The summed E-state index contributed by atoms with van der Waals surface area (Å²) in [6.45, 7) is 13.9. The molecule has 14 heavy (non-hydrogen) atoms. The molecule has 0 radical (unpaired) electrons. The number of rotatable bonds is 4. The third kappa shape index (κ3) is 3.56. The van der Waals surface area contributed by atoms with Gasteiger partial charge in [0.2, 0.25) is 0 Å². The van der Waals surface area contributed by atoms with Gasteiger partial charge in [0.1, 0.15) is 0 Å². The topological polar surface area (TPSA) is 24.5 Å². The summed E-state index contributed by atoms with van der Waals surface area (Å²) in [6, 6.07) is 0.565. The van der Waals surface area contributed by atoms with Crippen LogP contribution in [0.4, 0.5) is 0 Å². The van der Waals surface area contributed by atoms with Crippen LogP contribution in [0.2, 0.25) is 0 Å². The molecule has 3 nitrogen and oxygen atoms in total. The molecule has 0 aromatic rings. The van der Waals surface area contributed by atoms with Crippen molar-refractivity contribution < 1.29 is 4.74 Å². The second kappa shape index (κ2) is 5.10. The average Bonchev–Trinajstić information content (AvgIpc) is 2.16. The molecule has 84 valence electrons. The number of hydrogen-bond donors (Lipinski definition) is 1. The molecule has 1 aliphatic heterocycles. The van der Waals surface area contributed by atoms with Gasteiger partial charge in [-0.2, -0.15) is 0 Å². The summed E-state index contributed by atoms with van der Waals surface area (Å²) in [6.07, 6.45) is 0. The lowest BCUT2D eigenvalue weighted by molar-refractivity contribution is -0.0101. The zero-order valence-corrected chi connectivity index (χ0v) is 9.97. The van der Waals surface area contributed by atoms with Crippen molar-refractivity contribution in [3.8, 4) is 0 Å². The maximum atomic E-state index is 5.36. The molecule has 1 heterocycles. The molecule has 0 unspecified atom stereocenters. The fraction of sp³-hybridized carbons (Fsp3) is 1.00. The van der Waals surface area contributed by atoms with Crippen LogP contribution in [-0.2, 0) is 4.74 Å². The highest BCUT2D eigenvalue weighted by molar-refractivity contribution is 4.85. The van der Waals surface area contributed by atoms with E-state index < -0.39 is 0 Å². The molecular formula is C11H24N2O. The molecule has 1 saturated heterocycles. The minimum Gasteiger partial charge on any atom is -0.379 e. The number of nitrogens with zero attached hydrogens (tertiary/aromatic N) is 1. The van der Waals surface area contributed by atoms with Crippen LogP contribution in [0, 0.1) is 0 Å². The summed E-state index contributed by atoms with van der Waals surface area (Å²) >= 11 is 0. The minimum absolute atomic E-state index is 0.244. The van der Waals surface area contributed by atoms with Gasteiger partial charge in [0.15, 0.2) is 0 Å². The average molecular weight is 200 g/mol. The van der Waals surface area contributed by atoms with Crippen molar-refractivity contribution in [3.05, 3.63) is 0 Å². The van der Waals surface area contributed by atoms with Crippen LogP contribution in [0.1, 0.15) is 27.7 Å². The van der Waals surface area contributed by atoms with Crippen molar-refractivity contribution in [1.82, 2.24) is 10.2 Å². The van der Waals surface area contributed by atoms with Gasteiger partial charge in [-0.15, -0.1) is 0 Å². The van der Waals surface area contributed by atoms with Crippen LogP contribution in [0.3, 0.4) is 0 Å². The molecule has 1 aliphatic rings. The van der Waals surface area contributed by atoms with Gasteiger partial charge in [0, 0.05) is 31.2 Å². The fourth-order valence-electron chi connectivity index (χ4n) is 1.73. The number of nitrogens with one attached hydrogen (secondary N) is 1. The van der Waals surface area contributed by atoms with Crippen molar-refractivity contribution in [2.45, 2.75) is 39.3 Å². The molecule has 1 rings (SSSR count). The molecule has 0 amide bonds. The lowest BCUT2D eigenvalue weighted by Crippen LogP contribution is -2.55. The molecule has 0 aromatic heterocycles. The van der Waals surface area contributed by atoms with Gasteiger partial charge in [-0.3, -0.25) is 4.90 Å². The minimum atomic E-state index is 0.244. The first-order chi connectivity index (χ1) is 6.52. The zero-order valence-electron chi connectivity index (χ0n) is 9.97. The third-order valence-corrected chi connectivity index (χ3v) is 2.81. The van der Waals surface area contributed by atoms with Crippen LogP contribution in [0.25, 0.3) is 0 Å². The zero-order chi connectivity index (χ0) is 10.6. The molecule has 0 bridgehead atoms. The third-order valence-electron chi connectivity index (χ3n) is 2.81. The molecule has 0 spiro atoms. The molecular weight excluding hydrogens is 176 g/mol. The normalized spacial score (nSPS) is 20.4. The highest BCUT2D eigenvalue weighted by atomic mass is 16.5. The summed E-state index contributed by atoms with van der Waals surface area (Å²) < 4.78 is 5.36. The fourth-order valence-corrected chi connectivity index (χ4v) is 1.73. The van der Waals surface area contributed by atoms with E-state index in [1.807, 2.05) is 0 Å². The van der Waals surface area contributed by atoms with E-state index in [0.29, 0.717) is 6.04 Å². The Balaban J connectivity index is 2.37. The molecule has 0 aliphatic carbocycles.